The van der Waals surface area contributed by atoms with Crippen molar-refractivity contribution in [3.05, 3.63) is 35.4 Å². The molecule has 16 heavy (non-hydrogen) atoms. The molecule has 0 amide bonds. The van der Waals surface area contributed by atoms with E-state index >= 15 is 0 Å². The summed E-state index contributed by atoms with van der Waals surface area (Å²) in [6.07, 6.45) is 0.00981. The molecule has 1 rings (SSSR count). The molecule has 2 N–H and O–H groups in total. The number of esters is 1. The summed E-state index contributed by atoms with van der Waals surface area (Å²) in [7, 11) is 1.25. The maximum atomic E-state index is 12.9. The number of hydrogen-bond acceptors (Lipinski definition) is 3. The van der Waals surface area contributed by atoms with Gasteiger partial charge in [-0.25, -0.2) is 8.78 Å². The van der Waals surface area contributed by atoms with E-state index in [0.29, 0.717) is 5.56 Å². The van der Waals surface area contributed by atoms with E-state index in [-0.39, 0.29) is 13.0 Å². The number of nitrogens with two attached hydrogens (primary N) is 1. The molecule has 88 valence electrons. The van der Waals surface area contributed by atoms with E-state index in [2.05, 4.69) is 4.74 Å². The second kappa shape index (κ2) is 5.55. The fourth-order valence-corrected chi connectivity index (χ4v) is 1.43. The van der Waals surface area contributed by atoms with Crippen molar-refractivity contribution >= 4 is 5.97 Å². The summed E-state index contributed by atoms with van der Waals surface area (Å²) < 4.78 is 30.4. The molecule has 0 aromatic heterocycles. The topological polar surface area (TPSA) is 52.3 Å². The van der Waals surface area contributed by atoms with Crippen LogP contribution < -0.4 is 5.73 Å². The Hall–Kier alpha value is -1.49. The minimum atomic E-state index is -0.682. The van der Waals surface area contributed by atoms with Crippen LogP contribution in [0.15, 0.2) is 18.2 Å². The van der Waals surface area contributed by atoms with Gasteiger partial charge in [0.25, 0.3) is 0 Å². The van der Waals surface area contributed by atoms with E-state index in [1.165, 1.54) is 19.2 Å². The fraction of sp³-hybridized carbons (Fsp3) is 0.364. The lowest BCUT2D eigenvalue weighted by Crippen LogP contribution is -2.17. The Morgan fingerprint density at radius 2 is 1.94 bits per heavy atom. The molecule has 0 aliphatic rings. The molecule has 0 heterocycles. The van der Waals surface area contributed by atoms with Crippen LogP contribution in [0.2, 0.25) is 0 Å². The molecule has 0 fully saturated rings. The van der Waals surface area contributed by atoms with Crippen molar-refractivity contribution in [1.82, 2.24) is 0 Å². The van der Waals surface area contributed by atoms with Crippen LogP contribution in [0.4, 0.5) is 8.78 Å². The molecular weight excluding hydrogens is 216 g/mol. The molecular formula is C11H13F2NO2. The number of halogens is 2. The minimum absolute atomic E-state index is 0.00981. The summed E-state index contributed by atoms with van der Waals surface area (Å²) in [4.78, 5) is 11.1. The number of carbonyl (C=O) groups excluding carboxylic acids is 1. The molecule has 0 spiro atoms. The van der Waals surface area contributed by atoms with Crippen molar-refractivity contribution in [2.75, 3.05) is 13.7 Å². The maximum absolute atomic E-state index is 12.9. The summed E-state index contributed by atoms with van der Waals surface area (Å²) in [5.41, 5.74) is 5.82. The van der Waals surface area contributed by atoms with E-state index in [9.17, 15) is 13.6 Å². The molecule has 1 aromatic carbocycles. The SMILES string of the molecule is COC(=O)CC(CN)c1cc(F)cc(F)c1. The van der Waals surface area contributed by atoms with Gasteiger partial charge in [0.2, 0.25) is 0 Å². The molecule has 1 unspecified atom stereocenters. The van der Waals surface area contributed by atoms with Crippen molar-refractivity contribution in [3.63, 3.8) is 0 Å². The van der Waals surface area contributed by atoms with Gasteiger partial charge in [-0.15, -0.1) is 0 Å². The molecule has 0 aliphatic heterocycles. The average Bonchev–Trinajstić information content (AvgIpc) is 2.24. The predicted molar refractivity (Wildman–Crippen MR) is 54.8 cm³/mol. The van der Waals surface area contributed by atoms with Crippen LogP contribution in [0.25, 0.3) is 0 Å². The number of carbonyl (C=O) groups is 1. The van der Waals surface area contributed by atoms with E-state index in [4.69, 9.17) is 5.73 Å². The lowest BCUT2D eigenvalue weighted by Gasteiger charge is -2.13. The third-order valence-electron chi connectivity index (χ3n) is 2.28. The molecule has 0 saturated carbocycles. The smallest absolute Gasteiger partial charge is 0.306 e. The zero-order valence-electron chi connectivity index (χ0n) is 8.87. The van der Waals surface area contributed by atoms with Gasteiger partial charge in [0.05, 0.1) is 13.5 Å². The molecule has 1 atom stereocenters. The van der Waals surface area contributed by atoms with Gasteiger partial charge in [-0.1, -0.05) is 0 Å². The van der Waals surface area contributed by atoms with Crippen LogP contribution in [0, 0.1) is 11.6 Å². The Kier molecular flexibility index (Phi) is 4.37. The predicted octanol–water partition coefficient (Wildman–Crippen LogP) is 1.57. The Bertz CT molecular complexity index is 362. The number of ether oxygens (including phenoxy) is 1. The van der Waals surface area contributed by atoms with Gasteiger partial charge >= 0.3 is 5.97 Å². The van der Waals surface area contributed by atoms with Crippen LogP contribution in [0.5, 0.6) is 0 Å². The van der Waals surface area contributed by atoms with Crippen molar-refractivity contribution < 1.29 is 18.3 Å². The first-order valence-corrected chi connectivity index (χ1v) is 4.79. The van der Waals surface area contributed by atoms with Crippen LogP contribution in [-0.4, -0.2) is 19.6 Å². The monoisotopic (exact) mass is 229 g/mol. The van der Waals surface area contributed by atoms with Crippen LogP contribution in [0.1, 0.15) is 17.9 Å². The van der Waals surface area contributed by atoms with Crippen LogP contribution in [0.3, 0.4) is 0 Å². The van der Waals surface area contributed by atoms with E-state index < -0.39 is 23.5 Å². The first-order chi connectivity index (χ1) is 7.56. The Balaban J connectivity index is 2.90. The summed E-state index contributed by atoms with van der Waals surface area (Å²) in [5, 5.41) is 0. The van der Waals surface area contributed by atoms with Crippen LogP contribution >= 0.6 is 0 Å². The van der Waals surface area contributed by atoms with Crippen molar-refractivity contribution in [2.45, 2.75) is 12.3 Å². The lowest BCUT2D eigenvalue weighted by atomic mass is 9.96. The highest BCUT2D eigenvalue weighted by Crippen LogP contribution is 2.21. The Labute approximate surface area is 92.2 Å². The highest BCUT2D eigenvalue weighted by molar-refractivity contribution is 5.70. The van der Waals surface area contributed by atoms with Gasteiger partial charge in [-0.3, -0.25) is 4.79 Å². The number of methoxy groups -OCH3 is 1. The van der Waals surface area contributed by atoms with Crippen molar-refractivity contribution in [1.29, 1.82) is 0 Å². The van der Waals surface area contributed by atoms with Gasteiger partial charge in [0.15, 0.2) is 0 Å². The first kappa shape index (κ1) is 12.6. The third kappa shape index (κ3) is 3.27. The molecule has 0 radical (unpaired) electrons. The van der Waals surface area contributed by atoms with Gasteiger partial charge in [-0.2, -0.15) is 0 Å². The van der Waals surface area contributed by atoms with Crippen molar-refractivity contribution in [3.8, 4) is 0 Å². The lowest BCUT2D eigenvalue weighted by molar-refractivity contribution is -0.141. The summed E-state index contributed by atoms with van der Waals surface area (Å²) in [6, 6.07) is 3.11. The van der Waals surface area contributed by atoms with E-state index in [1.54, 1.807) is 0 Å². The fourth-order valence-electron chi connectivity index (χ4n) is 1.43. The maximum Gasteiger partial charge on any atom is 0.306 e. The van der Waals surface area contributed by atoms with Gasteiger partial charge in [0.1, 0.15) is 11.6 Å². The van der Waals surface area contributed by atoms with Crippen LogP contribution in [-0.2, 0) is 9.53 Å². The number of hydrogen-bond donors (Lipinski definition) is 1. The molecule has 0 bridgehead atoms. The van der Waals surface area contributed by atoms with Gasteiger partial charge in [-0.05, 0) is 24.2 Å². The third-order valence-corrected chi connectivity index (χ3v) is 2.28. The van der Waals surface area contributed by atoms with Crippen molar-refractivity contribution in [2.24, 2.45) is 5.73 Å². The zero-order chi connectivity index (χ0) is 12.1. The quantitative estimate of drug-likeness (QED) is 0.797. The average molecular weight is 229 g/mol. The minimum Gasteiger partial charge on any atom is -0.469 e. The summed E-state index contributed by atoms with van der Waals surface area (Å²) >= 11 is 0. The number of benzene rings is 1. The zero-order valence-corrected chi connectivity index (χ0v) is 8.87. The Morgan fingerprint density at radius 1 is 1.38 bits per heavy atom. The Morgan fingerprint density at radius 3 is 2.38 bits per heavy atom. The second-order valence-corrected chi connectivity index (χ2v) is 3.42. The van der Waals surface area contributed by atoms with E-state index in [0.717, 1.165) is 6.07 Å². The van der Waals surface area contributed by atoms with Gasteiger partial charge < -0.3 is 10.5 Å². The molecule has 5 heteroatoms. The summed E-state index contributed by atoms with van der Waals surface area (Å²) in [5.74, 6) is -2.26. The highest BCUT2D eigenvalue weighted by atomic mass is 19.1. The standard InChI is InChI=1S/C11H13F2NO2/c1-16-11(15)4-8(6-14)7-2-9(12)5-10(13)3-7/h2-3,5,8H,4,6,14H2,1H3. The van der Waals surface area contributed by atoms with E-state index in [1.807, 2.05) is 0 Å². The normalized spacial score (nSPS) is 12.2. The highest BCUT2D eigenvalue weighted by Gasteiger charge is 2.16. The first-order valence-electron chi connectivity index (χ1n) is 4.79. The molecule has 0 saturated heterocycles. The summed E-state index contributed by atoms with van der Waals surface area (Å²) in [6.45, 7) is 0.123. The molecule has 3 nitrogen and oxygen atoms in total. The number of rotatable bonds is 4. The van der Waals surface area contributed by atoms with Gasteiger partial charge in [0, 0.05) is 12.0 Å². The largest absolute Gasteiger partial charge is 0.469 e. The second-order valence-electron chi connectivity index (χ2n) is 3.42. The molecule has 1 aromatic rings. The molecule has 0 aliphatic carbocycles.